The van der Waals surface area contributed by atoms with Crippen molar-refractivity contribution >= 4 is 71.1 Å². The molecule has 4 heterocycles. The number of furan rings is 2. The number of aromatic nitrogens is 1. The molecule has 0 aliphatic heterocycles. The van der Waals surface area contributed by atoms with Gasteiger partial charge in [0.2, 0.25) is 0 Å². The summed E-state index contributed by atoms with van der Waals surface area (Å²) in [4.78, 5) is 0. The topological polar surface area (TPSA) is 54.5 Å². The van der Waals surface area contributed by atoms with Crippen molar-refractivity contribution in [3.8, 4) is 6.07 Å². The Bertz CT molecular complexity index is 2290. The molecule has 0 aliphatic rings. The van der Waals surface area contributed by atoms with Crippen molar-refractivity contribution < 1.29 is 8.83 Å². The van der Waals surface area contributed by atoms with Crippen LogP contribution in [0.4, 0.5) is 0 Å². The number of nitriles is 1. The highest BCUT2D eigenvalue weighted by Crippen LogP contribution is 2.41. The fourth-order valence-corrected chi connectivity index (χ4v) is 5.81. The Balaban J connectivity index is 1.76. The van der Waals surface area contributed by atoms with Crippen molar-refractivity contribution in [2.75, 3.05) is 0 Å². The first-order valence-electron chi connectivity index (χ1n) is 11.9. The summed E-state index contributed by atoms with van der Waals surface area (Å²) in [6, 6.07) is 33.1. The second kappa shape index (κ2) is 6.78. The first kappa shape index (κ1) is 19.3. The minimum absolute atomic E-state index is 0.630. The molecule has 0 aliphatic carbocycles. The number of aryl methyl sites for hydroxylation is 1. The maximum absolute atomic E-state index is 9.81. The standard InChI is InChI=1S/C32H18N2O2/c1-18-31-24(21-8-2-4-11-27(21)35-31)10-6-7-20-15-19(17-33)16-26-23-13-14-25-22-9-3-5-12-28(22)36-32(25)30(23)34(18)29(20)26/h2-16H,1H3. The molecule has 168 valence electrons. The highest BCUT2D eigenvalue weighted by Gasteiger charge is 2.20. The van der Waals surface area contributed by atoms with Crippen LogP contribution in [0, 0.1) is 18.3 Å². The minimum Gasteiger partial charge on any atom is -0.454 e. The van der Waals surface area contributed by atoms with Crippen LogP contribution in [0.2, 0.25) is 0 Å². The third kappa shape index (κ3) is 2.37. The molecule has 4 nitrogen and oxygen atoms in total. The molecule has 4 aromatic heterocycles. The molecule has 8 rings (SSSR count). The van der Waals surface area contributed by atoms with Gasteiger partial charge in [0, 0.05) is 37.7 Å². The molecular weight excluding hydrogens is 444 g/mol. The zero-order valence-electron chi connectivity index (χ0n) is 19.4. The molecule has 0 saturated heterocycles. The average Bonchev–Trinajstić information content (AvgIpc) is 3.58. The lowest BCUT2D eigenvalue weighted by Gasteiger charge is -2.03. The Morgan fingerprint density at radius 1 is 0.611 bits per heavy atom. The maximum atomic E-state index is 9.81. The van der Waals surface area contributed by atoms with E-state index in [4.69, 9.17) is 8.83 Å². The number of hydrogen-bond acceptors (Lipinski definition) is 3. The van der Waals surface area contributed by atoms with E-state index in [1.54, 1.807) is 0 Å². The lowest BCUT2D eigenvalue weighted by Crippen LogP contribution is -1.90. The summed E-state index contributed by atoms with van der Waals surface area (Å²) in [7, 11) is 0. The second-order valence-electron chi connectivity index (χ2n) is 9.30. The van der Waals surface area contributed by atoms with E-state index in [0.29, 0.717) is 5.56 Å². The number of rotatable bonds is 0. The lowest BCUT2D eigenvalue weighted by atomic mass is 10.1. The number of hydrogen-bond donors (Lipinski definition) is 0. The third-order valence-electron chi connectivity index (χ3n) is 7.36. The highest BCUT2D eigenvalue weighted by molar-refractivity contribution is 6.23. The zero-order valence-corrected chi connectivity index (χ0v) is 19.4. The van der Waals surface area contributed by atoms with Crippen molar-refractivity contribution in [3.63, 3.8) is 0 Å². The van der Waals surface area contributed by atoms with E-state index < -0.39 is 0 Å². The third-order valence-corrected chi connectivity index (χ3v) is 7.36. The molecule has 0 saturated carbocycles. The van der Waals surface area contributed by atoms with E-state index in [1.165, 1.54) is 0 Å². The van der Waals surface area contributed by atoms with Crippen LogP contribution in [-0.2, 0) is 0 Å². The van der Waals surface area contributed by atoms with Gasteiger partial charge in [-0.3, -0.25) is 0 Å². The van der Waals surface area contributed by atoms with Gasteiger partial charge in [-0.05, 0) is 37.3 Å². The van der Waals surface area contributed by atoms with E-state index in [-0.39, 0.29) is 0 Å². The molecule has 4 heteroatoms. The molecular formula is C32H18N2O2. The van der Waals surface area contributed by atoms with Gasteiger partial charge < -0.3 is 13.2 Å². The van der Waals surface area contributed by atoms with Gasteiger partial charge in [-0.1, -0.05) is 60.7 Å². The molecule has 0 N–H and O–H groups in total. The molecule has 0 bridgehead atoms. The highest BCUT2D eigenvalue weighted by atomic mass is 16.3. The number of para-hydroxylation sites is 2. The Labute approximate surface area is 204 Å². The fourth-order valence-electron chi connectivity index (χ4n) is 5.81. The Hall–Kier alpha value is -5.01. The summed E-state index contributed by atoms with van der Waals surface area (Å²) in [5.41, 5.74) is 6.98. The molecule has 0 amide bonds. The van der Waals surface area contributed by atoms with Gasteiger partial charge in [0.05, 0.1) is 28.4 Å². The summed E-state index contributed by atoms with van der Waals surface area (Å²) < 4.78 is 15.2. The first-order valence-corrected chi connectivity index (χ1v) is 11.9. The van der Waals surface area contributed by atoms with Crippen LogP contribution < -0.4 is 0 Å². The predicted octanol–water partition coefficient (Wildman–Crippen LogP) is 8.79. The second-order valence-corrected chi connectivity index (χ2v) is 9.30. The van der Waals surface area contributed by atoms with Crippen LogP contribution in [0.5, 0.6) is 0 Å². The Morgan fingerprint density at radius 2 is 1.25 bits per heavy atom. The molecule has 4 aromatic carbocycles. The molecule has 8 aromatic rings. The lowest BCUT2D eigenvalue weighted by molar-refractivity contribution is 0.661. The number of nitrogens with zero attached hydrogens (tertiary/aromatic N) is 2. The van der Waals surface area contributed by atoms with Crippen LogP contribution >= 0.6 is 0 Å². The van der Waals surface area contributed by atoms with Gasteiger partial charge in [-0.2, -0.15) is 5.26 Å². The first-order chi connectivity index (χ1) is 17.7. The average molecular weight is 463 g/mol. The summed E-state index contributed by atoms with van der Waals surface area (Å²) in [6.07, 6.45) is 0. The largest absolute Gasteiger partial charge is 0.454 e. The molecule has 0 fully saturated rings. The van der Waals surface area contributed by atoms with E-state index in [1.807, 2.05) is 54.6 Å². The van der Waals surface area contributed by atoms with Crippen molar-refractivity contribution in [1.82, 2.24) is 4.40 Å². The Kier molecular flexibility index (Phi) is 3.63. The van der Waals surface area contributed by atoms with Gasteiger partial charge in [0.25, 0.3) is 0 Å². The van der Waals surface area contributed by atoms with Gasteiger partial charge in [-0.15, -0.1) is 0 Å². The van der Waals surface area contributed by atoms with E-state index in [9.17, 15) is 5.26 Å². The van der Waals surface area contributed by atoms with Gasteiger partial charge in [-0.25, -0.2) is 0 Å². The van der Waals surface area contributed by atoms with Crippen LogP contribution in [0.25, 0.3) is 71.1 Å². The van der Waals surface area contributed by atoms with Crippen molar-refractivity contribution in [2.45, 2.75) is 6.92 Å². The normalized spacial score (nSPS) is 12.0. The van der Waals surface area contributed by atoms with Gasteiger partial charge >= 0.3 is 0 Å². The van der Waals surface area contributed by atoms with E-state index >= 15 is 0 Å². The smallest absolute Gasteiger partial charge is 0.160 e. The summed E-state index contributed by atoms with van der Waals surface area (Å²) in [5, 5.41) is 17.1. The van der Waals surface area contributed by atoms with Crippen molar-refractivity contribution in [1.29, 1.82) is 5.26 Å². The fraction of sp³-hybridized carbons (Fsp3) is 0.0312. The molecule has 0 unspecified atom stereocenters. The predicted molar refractivity (Wildman–Crippen MR) is 145 cm³/mol. The summed E-state index contributed by atoms with van der Waals surface area (Å²) in [5.74, 6) is 0. The maximum Gasteiger partial charge on any atom is 0.160 e. The quantitative estimate of drug-likeness (QED) is 0.226. The molecule has 36 heavy (non-hydrogen) atoms. The number of fused-ring (bicyclic) bond motifs is 10. The van der Waals surface area contributed by atoms with Crippen molar-refractivity contribution in [2.24, 2.45) is 0 Å². The molecule has 0 radical (unpaired) electrons. The van der Waals surface area contributed by atoms with Crippen LogP contribution in [0.3, 0.4) is 0 Å². The van der Waals surface area contributed by atoms with E-state index in [0.717, 1.165) is 76.8 Å². The van der Waals surface area contributed by atoms with Crippen LogP contribution in [0.1, 0.15) is 11.3 Å². The van der Waals surface area contributed by atoms with Crippen LogP contribution in [0.15, 0.2) is 99.8 Å². The SMILES string of the molecule is Cc1c2oc3ccccc3c2cccc2cc(C#N)cc3c4ccc5c6ccccc6oc5c4n1c23. The molecule has 0 atom stereocenters. The van der Waals surface area contributed by atoms with Crippen LogP contribution in [-0.4, -0.2) is 4.40 Å². The summed E-state index contributed by atoms with van der Waals surface area (Å²) >= 11 is 0. The molecule has 0 spiro atoms. The monoisotopic (exact) mass is 462 g/mol. The summed E-state index contributed by atoms with van der Waals surface area (Å²) in [6.45, 7) is 2.10. The Morgan fingerprint density at radius 3 is 2.00 bits per heavy atom. The number of benzene rings is 4. The van der Waals surface area contributed by atoms with Crippen molar-refractivity contribution in [3.05, 3.63) is 102 Å². The van der Waals surface area contributed by atoms with Gasteiger partial charge in [0.15, 0.2) is 11.2 Å². The minimum atomic E-state index is 0.630. The van der Waals surface area contributed by atoms with E-state index in [2.05, 4.69) is 53.8 Å². The zero-order chi connectivity index (χ0) is 24.0. The van der Waals surface area contributed by atoms with Gasteiger partial charge in [0.1, 0.15) is 11.2 Å².